The van der Waals surface area contributed by atoms with Crippen molar-refractivity contribution in [2.75, 3.05) is 23.0 Å². The fourth-order valence-corrected chi connectivity index (χ4v) is 3.82. The Kier molecular flexibility index (Phi) is 9.68. The number of thioether (sulfide) groups is 1. The maximum atomic E-state index is 12.7. The quantitative estimate of drug-likeness (QED) is 0.292. The number of benzene rings is 2. The number of hydrogen-bond donors (Lipinski definition) is 2. The standard InChI is InChI=1S/C22H25N3O6S/c1-3-7-19(21(27)23-16-12-10-15(11-13-16)22(28)31-4-2)32-14-20(26)24-17-8-5-6-9-18(17)25(29)30/h5-6,8-13,19H,3-4,7,14H2,1-2H3,(H,23,27)(H,24,26). The zero-order valence-electron chi connectivity index (χ0n) is 17.8. The van der Waals surface area contributed by atoms with Gasteiger partial charge in [-0.25, -0.2) is 4.79 Å². The van der Waals surface area contributed by atoms with Gasteiger partial charge in [-0.2, -0.15) is 0 Å². The molecule has 0 aromatic heterocycles. The van der Waals surface area contributed by atoms with Gasteiger partial charge in [0, 0.05) is 11.8 Å². The van der Waals surface area contributed by atoms with Crippen molar-refractivity contribution >= 4 is 46.6 Å². The van der Waals surface area contributed by atoms with E-state index in [0.717, 1.165) is 18.2 Å². The minimum atomic E-state index is -0.566. The van der Waals surface area contributed by atoms with Gasteiger partial charge >= 0.3 is 5.97 Å². The van der Waals surface area contributed by atoms with Crippen molar-refractivity contribution in [3.05, 3.63) is 64.2 Å². The van der Waals surface area contributed by atoms with Crippen LogP contribution in [0, 0.1) is 10.1 Å². The highest BCUT2D eigenvalue weighted by molar-refractivity contribution is 8.01. The third-order valence-corrected chi connectivity index (χ3v) is 5.58. The maximum absolute atomic E-state index is 12.7. The van der Waals surface area contributed by atoms with Crippen LogP contribution in [0.4, 0.5) is 17.1 Å². The molecule has 0 bridgehead atoms. The van der Waals surface area contributed by atoms with E-state index in [0.29, 0.717) is 17.7 Å². The Hall–Kier alpha value is -3.40. The number of hydrogen-bond acceptors (Lipinski definition) is 7. The zero-order valence-corrected chi connectivity index (χ0v) is 18.6. The summed E-state index contributed by atoms with van der Waals surface area (Å²) in [6.45, 7) is 3.93. The van der Waals surface area contributed by atoms with Crippen LogP contribution in [0.15, 0.2) is 48.5 Å². The molecule has 2 N–H and O–H groups in total. The number of esters is 1. The molecule has 0 saturated carbocycles. The van der Waals surface area contributed by atoms with Gasteiger partial charge in [0.1, 0.15) is 5.69 Å². The van der Waals surface area contributed by atoms with Crippen LogP contribution >= 0.6 is 11.8 Å². The number of amides is 2. The predicted octanol–water partition coefficient (Wildman–Crippen LogP) is 4.25. The minimum absolute atomic E-state index is 0.0358. The third-order valence-electron chi connectivity index (χ3n) is 4.30. The van der Waals surface area contributed by atoms with Gasteiger partial charge in [-0.1, -0.05) is 25.5 Å². The lowest BCUT2D eigenvalue weighted by atomic mass is 10.2. The molecule has 10 heteroatoms. The van der Waals surface area contributed by atoms with Crippen molar-refractivity contribution in [3.63, 3.8) is 0 Å². The molecule has 0 aliphatic heterocycles. The summed E-state index contributed by atoms with van der Waals surface area (Å²) in [6, 6.07) is 12.2. The number of carbonyl (C=O) groups is 3. The average molecular weight is 460 g/mol. The second-order valence-corrected chi connectivity index (χ2v) is 7.89. The number of rotatable bonds is 11. The van der Waals surface area contributed by atoms with Gasteiger partial charge in [-0.05, 0) is 43.7 Å². The largest absolute Gasteiger partial charge is 0.462 e. The van der Waals surface area contributed by atoms with Gasteiger partial charge in [0.15, 0.2) is 0 Å². The molecule has 2 amide bonds. The van der Waals surface area contributed by atoms with Gasteiger partial charge in [0.25, 0.3) is 5.69 Å². The van der Waals surface area contributed by atoms with E-state index in [1.807, 2.05) is 6.92 Å². The molecule has 2 aromatic carbocycles. The van der Waals surface area contributed by atoms with Crippen molar-refractivity contribution in [1.82, 2.24) is 0 Å². The predicted molar refractivity (Wildman–Crippen MR) is 124 cm³/mol. The van der Waals surface area contributed by atoms with Gasteiger partial charge in [0.2, 0.25) is 11.8 Å². The van der Waals surface area contributed by atoms with E-state index in [1.165, 1.54) is 18.2 Å². The molecule has 0 heterocycles. The van der Waals surface area contributed by atoms with Crippen LogP contribution in [0.3, 0.4) is 0 Å². The van der Waals surface area contributed by atoms with Crippen LogP contribution in [0.2, 0.25) is 0 Å². The van der Waals surface area contributed by atoms with Crippen molar-refractivity contribution in [2.45, 2.75) is 31.9 Å². The Morgan fingerprint density at radius 3 is 2.38 bits per heavy atom. The number of nitrogens with one attached hydrogen (secondary N) is 2. The molecular formula is C22H25N3O6S. The Morgan fingerprint density at radius 2 is 1.75 bits per heavy atom. The van der Waals surface area contributed by atoms with Crippen LogP contribution in [0.25, 0.3) is 0 Å². The third kappa shape index (κ3) is 7.38. The normalized spacial score (nSPS) is 11.3. The Labute approximate surface area is 190 Å². The Morgan fingerprint density at radius 1 is 1.06 bits per heavy atom. The fraction of sp³-hybridized carbons (Fsp3) is 0.318. The highest BCUT2D eigenvalue weighted by atomic mass is 32.2. The first-order chi connectivity index (χ1) is 15.3. The molecule has 2 rings (SSSR count). The van der Waals surface area contributed by atoms with Crippen LogP contribution in [-0.2, 0) is 14.3 Å². The van der Waals surface area contributed by atoms with Crippen molar-refractivity contribution in [3.8, 4) is 0 Å². The average Bonchev–Trinajstić information content (AvgIpc) is 2.77. The summed E-state index contributed by atoms with van der Waals surface area (Å²) in [5.74, 6) is -1.17. The number of ether oxygens (including phenoxy) is 1. The number of nitrogens with zero attached hydrogens (tertiary/aromatic N) is 1. The number of nitro groups is 1. The molecule has 1 unspecified atom stereocenters. The molecule has 0 radical (unpaired) electrons. The van der Waals surface area contributed by atoms with E-state index in [4.69, 9.17) is 4.74 Å². The van der Waals surface area contributed by atoms with Crippen molar-refractivity contribution in [2.24, 2.45) is 0 Å². The lowest BCUT2D eigenvalue weighted by Crippen LogP contribution is -2.27. The van der Waals surface area contributed by atoms with Gasteiger partial charge < -0.3 is 15.4 Å². The summed E-state index contributed by atoms with van der Waals surface area (Å²) in [5, 5.41) is 15.9. The monoisotopic (exact) mass is 459 g/mol. The number of carbonyl (C=O) groups excluding carboxylic acids is 3. The van der Waals surface area contributed by atoms with Crippen LogP contribution < -0.4 is 10.6 Å². The maximum Gasteiger partial charge on any atom is 0.338 e. The molecule has 0 aliphatic rings. The van der Waals surface area contributed by atoms with Crippen LogP contribution in [0.1, 0.15) is 37.0 Å². The molecular weight excluding hydrogens is 434 g/mol. The lowest BCUT2D eigenvalue weighted by molar-refractivity contribution is -0.383. The number of para-hydroxylation sites is 2. The summed E-state index contributed by atoms with van der Waals surface area (Å²) >= 11 is 1.16. The van der Waals surface area contributed by atoms with E-state index in [9.17, 15) is 24.5 Å². The smallest absolute Gasteiger partial charge is 0.338 e. The first-order valence-corrected chi connectivity index (χ1v) is 11.1. The summed E-state index contributed by atoms with van der Waals surface area (Å²) in [5.41, 5.74) is 0.825. The molecule has 32 heavy (non-hydrogen) atoms. The molecule has 0 saturated heterocycles. The van der Waals surface area contributed by atoms with E-state index in [-0.39, 0.29) is 29.6 Å². The summed E-state index contributed by atoms with van der Waals surface area (Å²) in [4.78, 5) is 47.2. The second-order valence-electron chi connectivity index (χ2n) is 6.70. The number of anilines is 2. The van der Waals surface area contributed by atoms with E-state index >= 15 is 0 Å². The fourth-order valence-electron chi connectivity index (χ4n) is 2.78. The molecule has 0 spiro atoms. The second kappa shape index (κ2) is 12.5. The summed E-state index contributed by atoms with van der Waals surface area (Å²) in [7, 11) is 0. The summed E-state index contributed by atoms with van der Waals surface area (Å²) < 4.78 is 4.93. The first kappa shape index (κ1) is 24.9. The van der Waals surface area contributed by atoms with E-state index in [1.54, 1.807) is 37.3 Å². The van der Waals surface area contributed by atoms with Gasteiger partial charge in [-0.15, -0.1) is 11.8 Å². The van der Waals surface area contributed by atoms with E-state index < -0.39 is 22.0 Å². The van der Waals surface area contributed by atoms with Crippen molar-refractivity contribution in [1.29, 1.82) is 0 Å². The van der Waals surface area contributed by atoms with Gasteiger partial charge in [-0.3, -0.25) is 19.7 Å². The Bertz CT molecular complexity index is 964. The first-order valence-electron chi connectivity index (χ1n) is 10.1. The molecule has 2 aromatic rings. The lowest BCUT2D eigenvalue weighted by Gasteiger charge is -2.16. The molecule has 0 fully saturated rings. The SMILES string of the molecule is CCCC(SCC(=O)Nc1ccccc1[N+](=O)[O-])C(=O)Nc1ccc(C(=O)OCC)cc1. The van der Waals surface area contributed by atoms with Crippen molar-refractivity contribution < 1.29 is 24.0 Å². The van der Waals surface area contributed by atoms with Crippen LogP contribution in [0.5, 0.6) is 0 Å². The highest BCUT2D eigenvalue weighted by Gasteiger charge is 2.21. The number of nitro benzene ring substituents is 1. The van der Waals surface area contributed by atoms with Gasteiger partial charge in [0.05, 0.1) is 28.1 Å². The molecule has 170 valence electrons. The molecule has 1 atom stereocenters. The Balaban J connectivity index is 1.95. The topological polar surface area (TPSA) is 128 Å². The molecule has 0 aliphatic carbocycles. The summed E-state index contributed by atoms with van der Waals surface area (Å²) in [6.07, 6.45) is 1.29. The van der Waals surface area contributed by atoms with Crippen LogP contribution in [-0.4, -0.2) is 40.3 Å². The van der Waals surface area contributed by atoms with E-state index in [2.05, 4.69) is 10.6 Å². The zero-order chi connectivity index (χ0) is 23.5. The minimum Gasteiger partial charge on any atom is -0.462 e. The molecule has 9 nitrogen and oxygen atoms in total. The highest BCUT2D eigenvalue weighted by Crippen LogP contribution is 2.24.